The van der Waals surface area contributed by atoms with Gasteiger partial charge in [0.15, 0.2) is 0 Å². The summed E-state index contributed by atoms with van der Waals surface area (Å²) in [5, 5.41) is 4.03. The Kier molecular flexibility index (Phi) is 9.22. The Morgan fingerprint density at radius 2 is 1.24 bits per heavy atom. The van der Waals surface area contributed by atoms with Crippen molar-refractivity contribution in [2.24, 2.45) is 23.2 Å². The van der Waals surface area contributed by atoms with Gasteiger partial charge in [-0.15, -0.1) is 0 Å². The van der Waals surface area contributed by atoms with Crippen molar-refractivity contribution >= 4 is 0 Å². The molecule has 4 unspecified atom stereocenters. The summed E-state index contributed by atoms with van der Waals surface area (Å²) in [7, 11) is 0. The van der Waals surface area contributed by atoms with Crippen LogP contribution >= 0.6 is 0 Å². The molecule has 2 heteroatoms. The van der Waals surface area contributed by atoms with Crippen LogP contribution < -0.4 is 5.32 Å². The number of benzene rings is 2. The minimum absolute atomic E-state index is 0.188. The van der Waals surface area contributed by atoms with Gasteiger partial charge in [-0.2, -0.15) is 0 Å². The predicted molar refractivity (Wildman–Crippen MR) is 148 cm³/mol. The van der Waals surface area contributed by atoms with E-state index >= 15 is 0 Å². The Balaban J connectivity index is 2.69. The fraction of sp³-hybridized carbons (Fsp3) is 0.625. The average molecular weight is 466 g/mol. The summed E-state index contributed by atoms with van der Waals surface area (Å²) >= 11 is 0. The topological polar surface area (TPSA) is 21.3 Å². The van der Waals surface area contributed by atoms with Crippen molar-refractivity contribution in [2.45, 2.75) is 99.3 Å². The zero-order valence-corrected chi connectivity index (χ0v) is 23.8. The molecule has 0 aromatic heterocycles. The molecular weight excluding hydrogens is 414 g/mol. The van der Waals surface area contributed by atoms with Gasteiger partial charge in [0.25, 0.3) is 0 Å². The molecule has 190 valence electrons. The van der Waals surface area contributed by atoms with Crippen LogP contribution in [-0.4, -0.2) is 17.7 Å². The van der Waals surface area contributed by atoms with E-state index in [4.69, 9.17) is 4.74 Å². The first-order valence-corrected chi connectivity index (χ1v) is 13.3. The molecule has 34 heavy (non-hydrogen) atoms. The molecule has 0 amide bonds. The first-order chi connectivity index (χ1) is 15.7. The molecule has 0 spiro atoms. The fourth-order valence-corrected chi connectivity index (χ4v) is 5.67. The van der Waals surface area contributed by atoms with Crippen molar-refractivity contribution in [2.75, 3.05) is 6.54 Å². The molecule has 0 aliphatic carbocycles. The van der Waals surface area contributed by atoms with Crippen molar-refractivity contribution in [3.63, 3.8) is 0 Å². The van der Waals surface area contributed by atoms with Crippen LogP contribution in [0.5, 0.6) is 0 Å². The van der Waals surface area contributed by atoms with Crippen LogP contribution in [0.3, 0.4) is 0 Å². The summed E-state index contributed by atoms with van der Waals surface area (Å²) in [5.74, 6) is 1.18. The minimum Gasteiger partial charge on any atom is -0.363 e. The third kappa shape index (κ3) is 5.94. The fourth-order valence-electron chi connectivity index (χ4n) is 5.67. The molecule has 0 aliphatic heterocycles. The standard InChI is InChI=1S/C32H51NO/c1-12-33-32(23-27-19-15-13-16-20-27,26(5)25(4)29(6,7)8)30(9,10)34-31(11,24(2)3)28-21-17-14-18-22-28/h13-22,24-26,33H,12,23H2,1-11H3. The van der Waals surface area contributed by atoms with Crippen molar-refractivity contribution < 1.29 is 4.74 Å². The van der Waals surface area contributed by atoms with Gasteiger partial charge in [-0.05, 0) is 68.0 Å². The first-order valence-electron chi connectivity index (χ1n) is 13.3. The lowest BCUT2D eigenvalue weighted by molar-refractivity contribution is -0.209. The third-order valence-corrected chi connectivity index (χ3v) is 8.70. The van der Waals surface area contributed by atoms with E-state index < -0.39 is 11.2 Å². The van der Waals surface area contributed by atoms with E-state index in [1.54, 1.807) is 0 Å². The molecular formula is C32H51NO. The number of nitrogens with one attached hydrogen (secondary N) is 1. The van der Waals surface area contributed by atoms with E-state index in [2.05, 4.69) is 142 Å². The van der Waals surface area contributed by atoms with Crippen molar-refractivity contribution in [3.05, 3.63) is 71.8 Å². The third-order valence-electron chi connectivity index (χ3n) is 8.70. The summed E-state index contributed by atoms with van der Waals surface area (Å²) in [6.07, 6.45) is 0.916. The van der Waals surface area contributed by atoms with Gasteiger partial charge < -0.3 is 10.1 Å². The molecule has 0 heterocycles. The van der Waals surface area contributed by atoms with E-state index in [9.17, 15) is 0 Å². The van der Waals surface area contributed by atoms with E-state index in [1.807, 2.05) is 0 Å². The Morgan fingerprint density at radius 3 is 1.68 bits per heavy atom. The zero-order valence-electron chi connectivity index (χ0n) is 23.8. The van der Waals surface area contributed by atoms with Crippen LogP contribution in [0, 0.1) is 23.2 Å². The molecule has 2 rings (SSSR count). The highest BCUT2D eigenvalue weighted by Crippen LogP contribution is 2.48. The minimum atomic E-state index is -0.452. The molecule has 0 bridgehead atoms. The Morgan fingerprint density at radius 1 is 0.735 bits per heavy atom. The van der Waals surface area contributed by atoms with Gasteiger partial charge in [-0.3, -0.25) is 0 Å². The number of hydrogen-bond donors (Lipinski definition) is 1. The second-order valence-corrected chi connectivity index (χ2v) is 12.3. The van der Waals surface area contributed by atoms with Crippen LogP contribution in [0.4, 0.5) is 0 Å². The maximum absolute atomic E-state index is 7.38. The number of hydrogen-bond acceptors (Lipinski definition) is 2. The molecule has 0 saturated carbocycles. The maximum Gasteiger partial charge on any atom is 0.0934 e. The van der Waals surface area contributed by atoms with Gasteiger partial charge in [0.1, 0.15) is 0 Å². The number of rotatable bonds is 11. The molecule has 0 aliphatic rings. The Labute approximate surface area is 210 Å². The lowest BCUT2D eigenvalue weighted by atomic mass is 9.60. The summed E-state index contributed by atoms with van der Waals surface area (Å²) in [5.41, 5.74) is 1.65. The van der Waals surface area contributed by atoms with E-state index in [1.165, 1.54) is 11.1 Å². The van der Waals surface area contributed by atoms with Crippen molar-refractivity contribution in [1.82, 2.24) is 5.32 Å². The average Bonchev–Trinajstić information content (AvgIpc) is 2.77. The highest BCUT2D eigenvalue weighted by molar-refractivity contribution is 5.25. The van der Waals surface area contributed by atoms with E-state index in [0.29, 0.717) is 17.8 Å². The number of likely N-dealkylation sites (N-methyl/N-ethyl adjacent to an activating group) is 1. The summed E-state index contributed by atoms with van der Waals surface area (Å²) in [4.78, 5) is 0. The lowest BCUT2D eigenvalue weighted by Crippen LogP contribution is -2.69. The van der Waals surface area contributed by atoms with E-state index in [0.717, 1.165) is 13.0 Å². The van der Waals surface area contributed by atoms with Crippen LogP contribution in [0.25, 0.3) is 0 Å². The molecule has 0 fully saturated rings. The first kappa shape index (κ1) is 28.6. The molecule has 0 radical (unpaired) electrons. The van der Waals surface area contributed by atoms with Crippen LogP contribution in [0.15, 0.2) is 60.7 Å². The van der Waals surface area contributed by atoms with Crippen molar-refractivity contribution in [1.29, 1.82) is 0 Å². The second kappa shape index (κ2) is 11.0. The van der Waals surface area contributed by atoms with Gasteiger partial charge in [-0.25, -0.2) is 0 Å². The van der Waals surface area contributed by atoms with Gasteiger partial charge >= 0.3 is 0 Å². The Hall–Kier alpha value is -1.64. The van der Waals surface area contributed by atoms with Gasteiger partial charge in [0.2, 0.25) is 0 Å². The van der Waals surface area contributed by atoms with Gasteiger partial charge in [0.05, 0.1) is 16.7 Å². The molecule has 0 saturated heterocycles. The quantitative estimate of drug-likeness (QED) is 0.360. The summed E-state index contributed by atoms with van der Waals surface area (Å²) in [6, 6.07) is 21.7. The van der Waals surface area contributed by atoms with E-state index in [-0.39, 0.29) is 11.0 Å². The highest BCUT2D eigenvalue weighted by atomic mass is 16.5. The Bertz CT molecular complexity index is 867. The van der Waals surface area contributed by atoms with Crippen LogP contribution in [0.2, 0.25) is 0 Å². The van der Waals surface area contributed by atoms with Crippen molar-refractivity contribution in [3.8, 4) is 0 Å². The smallest absolute Gasteiger partial charge is 0.0934 e. The molecule has 1 N–H and O–H groups in total. The maximum atomic E-state index is 7.38. The second-order valence-electron chi connectivity index (χ2n) is 12.3. The molecule has 2 aromatic carbocycles. The zero-order chi connectivity index (χ0) is 25.8. The summed E-state index contributed by atoms with van der Waals surface area (Å²) < 4.78 is 7.38. The molecule has 4 atom stereocenters. The highest BCUT2D eigenvalue weighted by Gasteiger charge is 2.54. The SMILES string of the molecule is CCNC(Cc1ccccc1)(C(C)C(C)C(C)(C)C)C(C)(C)OC(C)(c1ccccc1)C(C)C. The largest absolute Gasteiger partial charge is 0.363 e. The summed E-state index contributed by atoms with van der Waals surface area (Å²) in [6.45, 7) is 26.5. The van der Waals surface area contributed by atoms with Gasteiger partial charge in [0, 0.05) is 0 Å². The monoisotopic (exact) mass is 465 g/mol. The van der Waals surface area contributed by atoms with Crippen LogP contribution in [-0.2, 0) is 16.8 Å². The molecule has 2 nitrogen and oxygen atoms in total. The normalized spacial score (nSPS) is 18.2. The van der Waals surface area contributed by atoms with Crippen LogP contribution in [0.1, 0.15) is 87.3 Å². The number of ether oxygens (including phenoxy) is 1. The lowest BCUT2D eigenvalue weighted by Gasteiger charge is -2.57. The predicted octanol–water partition coefficient (Wildman–Crippen LogP) is 8.26. The van der Waals surface area contributed by atoms with Gasteiger partial charge in [-0.1, -0.05) is 116 Å². The molecule has 2 aromatic rings.